The first kappa shape index (κ1) is 23.9. The molecule has 0 aromatic heterocycles. The summed E-state index contributed by atoms with van der Waals surface area (Å²) in [6, 6.07) is 21.1. The summed E-state index contributed by atoms with van der Waals surface area (Å²) in [5, 5.41) is 3.26. The minimum Gasteiger partial charge on any atom is -0.488 e. The van der Waals surface area contributed by atoms with Crippen LogP contribution in [0.4, 0.5) is 10.5 Å². The normalized spacial score (nSPS) is 14.5. The van der Waals surface area contributed by atoms with Gasteiger partial charge in [-0.1, -0.05) is 59.6 Å². The number of carbonyl (C=O) groups excluding carboxylic acids is 3. The van der Waals surface area contributed by atoms with Gasteiger partial charge in [0.2, 0.25) is 5.91 Å². The van der Waals surface area contributed by atoms with E-state index in [1.807, 2.05) is 24.3 Å². The Morgan fingerprint density at radius 3 is 2.44 bits per heavy atom. The molecule has 3 aromatic carbocycles. The summed E-state index contributed by atoms with van der Waals surface area (Å²) in [6.45, 7) is -0.147. The molecule has 1 fully saturated rings. The lowest BCUT2D eigenvalue weighted by molar-refractivity contribution is -0.127. The molecule has 0 aliphatic carbocycles. The van der Waals surface area contributed by atoms with Gasteiger partial charge in [-0.3, -0.25) is 19.3 Å². The highest BCUT2D eigenvalue weighted by Gasteiger charge is 2.36. The zero-order valence-electron chi connectivity index (χ0n) is 17.7. The maximum absolute atomic E-state index is 12.8. The van der Waals surface area contributed by atoms with Crippen molar-refractivity contribution in [2.45, 2.75) is 6.61 Å². The van der Waals surface area contributed by atoms with Crippen molar-refractivity contribution in [1.82, 2.24) is 4.90 Å². The van der Waals surface area contributed by atoms with Crippen LogP contribution in [0, 0.1) is 0 Å². The molecule has 1 saturated heterocycles. The van der Waals surface area contributed by atoms with E-state index >= 15 is 0 Å². The highest BCUT2D eigenvalue weighted by atomic mass is 35.5. The number of imide groups is 1. The molecule has 1 aliphatic rings. The van der Waals surface area contributed by atoms with Crippen molar-refractivity contribution >= 4 is 63.8 Å². The molecule has 3 aromatic rings. The van der Waals surface area contributed by atoms with Crippen LogP contribution in [-0.4, -0.2) is 28.5 Å². The van der Waals surface area contributed by atoms with Crippen LogP contribution in [0.5, 0.6) is 5.75 Å². The maximum Gasteiger partial charge on any atom is 0.294 e. The molecule has 172 valence electrons. The van der Waals surface area contributed by atoms with Crippen LogP contribution in [-0.2, 0) is 16.2 Å². The van der Waals surface area contributed by atoms with E-state index in [-0.39, 0.29) is 11.5 Å². The zero-order valence-corrected chi connectivity index (χ0v) is 20.0. The number of ether oxygens (including phenoxy) is 1. The second-order valence-electron chi connectivity index (χ2n) is 7.24. The Labute approximate surface area is 210 Å². The Morgan fingerprint density at radius 1 is 0.971 bits per heavy atom. The molecule has 0 saturated carbocycles. The van der Waals surface area contributed by atoms with E-state index in [2.05, 4.69) is 5.32 Å². The summed E-state index contributed by atoms with van der Waals surface area (Å²) >= 11 is 12.8. The number of nitrogens with one attached hydrogen (secondary N) is 1. The number of benzene rings is 3. The third-order valence-corrected chi connectivity index (χ3v) is 6.38. The number of amides is 3. The van der Waals surface area contributed by atoms with Crippen molar-refractivity contribution in [1.29, 1.82) is 0 Å². The molecule has 1 N–H and O–H groups in total. The SMILES string of the molecule is O=C(CN1C(=O)S/C(=C/c2ccccc2OCc2ccccc2Cl)C1=O)Nc1ccc(Cl)cc1. The number of para-hydroxylation sites is 1. The largest absolute Gasteiger partial charge is 0.488 e. The molecule has 6 nitrogen and oxygen atoms in total. The Balaban J connectivity index is 1.45. The monoisotopic (exact) mass is 512 g/mol. The molecule has 0 spiro atoms. The Morgan fingerprint density at radius 2 is 1.68 bits per heavy atom. The van der Waals surface area contributed by atoms with Gasteiger partial charge in [0.25, 0.3) is 11.1 Å². The Bertz CT molecular complexity index is 1280. The third kappa shape index (κ3) is 5.80. The van der Waals surface area contributed by atoms with Gasteiger partial charge >= 0.3 is 0 Å². The fraction of sp³-hybridized carbons (Fsp3) is 0.0800. The van der Waals surface area contributed by atoms with Gasteiger partial charge < -0.3 is 10.1 Å². The predicted molar refractivity (Wildman–Crippen MR) is 135 cm³/mol. The molecule has 1 heterocycles. The summed E-state index contributed by atoms with van der Waals surface area (Å²) in [5.74, 6) is -0.494. The highest BCUT2D eigenvalue weighted by molar-refractivity contribution is 8.18. The average Bonchev–Trinajstić information content (AvgIpc) is 3.08. The second kappa shape index (κ2) is 10.8. The smallest absolute Gasteiger partial charge is 0.294 e. The van der Waals surface area contributed by atoms with Crippen LogP contribution in [0.1, 0.15) is 11.1 Å². The van der Waals surface area contributed by atoms with Crippen LogP contribution in [0.2, 0.25) is 10.0 Å². The van der Waals surface area contributed by atoms with E-state index in [1.54, 1.807) is 54.6 Å². The van der Waals surface area contributed by atoms with Gasteiger partial charge in [0.1, 0.15) is 18.9 Å². The van der Waals surface area contributed by atoms with Gasteiger partial charge in [0.05, 0.1) is 4.91 Å². The third-order valence-electron chi connectivity index (χ3n) is 4.85. The number of rotatable bonds is 7. The molecular weight excluding hydrogens is 495 g/mol. The fourth-order valence-corrected chi connectivity index (χ4v) is 4.30. The van der Waals surface area contributed by atoms with E-state index in [0.717, 1.165) is 22.2 Å². The standard InChI is InChI=1S/C25H18Cl2N2O4S/c26-18-9-11-19(12-10-18)28-23(30)14-29-24(31)22(34-25(29)32)13-16-5-2-4-8-21(16)33-15-17-6-1-3-7-20(17)27/h1-13H,14-15H2,(H,28,30)/b22-13+. The van der Waals surface area contributed by atoms with E-state index in [4.69, 9.17) is 27.9 Å². The van der Waals surface area contributed by atoms with E-state index < -0.39 is 23.6 Å². The summed E-state index contributed by atoms with van der Waals surface area (Å²) in [5.41, 5.74) is 1.97. The molecule has 3 amide bonds. The van der Waals surface area contributed by atoms with Gasteiger partial charge in [-0.2, -0.15) is 0 Å². The Hall–Kier alpha value is -3.26. The second-order valence-corrected chi connectivity index (χ2v) is 9.08. The van der Waals surface area contributed by atoms with E-state index in [1.165, 1.54) is 0 Å². The lowest BCUT2D eigenvalue weighted by Crippen LogP contribution is -2.36. The lowest BCUT2D eigenvalue weighted by Gasteiger charge is -2.12. The molecule has 9 heteroatoms. The van der Waals surface area contributed by atoms with Crippen LogP contribution >= 0.6 is 35.0 Å². The molecule has 0 atom stereocenters. The number of hydrogen-bond donors (Lipinski definition) is 1. The summed E-state index contributed by atoms with van der Waals surface area (Å²) < 4.78 is 5.92. The molecule has 4 rings (SSSR count). The summed E-state index contributed by atoms with van der Waals surface area (Å²) in [7, 11) is 0. The van der Waals surface area contributed by atoms with E-state index in [9.17, 15) is 14.4 Å². The molecule has 0 bridgehead atoms. The van der Waals surface area contributed by atoms with Gasteiger partial charge in [0.15, 0.2) is 0 Å². The first-order valence-corrected chi connectivity index (χ1v) is 11.7. The topological polar surface area (TPSA) is 75.7 Å². The van der Waals surface area contributed by atoms with Crippen molar-refractivity contribution in [2.24, 2.45) is 0 Å². The van der Waals surface area contributed by atoms with Gasteiger partial charge in [-0.05, 0) is 54.2 Å². The first-order chi connectivity index (χ1) is 16.4. The minimum absolute atomic E-state index is 0.207. The fourth-order valence-electron chi connectivity index (χ4n) is 3.16. The molecular formula is C25H18Cl2N2O4S. The van der Waals surface area contributed by atoms with E-state index in [0.29, 0.717) is 27.0 Å². The first-order valence-electron chi connectivity index (χ1n) is 10.2. The average molecular weight is 513 g/mol. The number of carbonyl (C=O) groups is 3. The zero-order chi connectivity index (χ0) is 24.1. The molecule has 0 radical (unpaired) electrons. The maximum atomic E-state index is 12.8. The van der Waals surface area contributed by atoms with Crippen LogP contribution < -0.4 is 10.1 Å². The van der Waals surface area contributed by atoms with Crippen molar-refractivity contribution in [3.63, 3.8) is 0 Å². The van der Waals surface area contributed by atoms with Crippen molar-refractivity contribution in [3.8, 4) is 5.75 Å². The van der Waals surface area contributed by atoms with Crippen molar-refractivity contribution in [2.75, 3.05) is 11.9 Å². The number of nitrogens with zero attached hydrogens (tertiary/aromatic N) is 1. The number of hydrogen-bond acceptors (Lipinski definition) is 5. The van der Waals surface area contributed by atoms with Crippen LogP contribution in [0.3, 0.4) is 0 Å². The predicted octanol–water partition coefficient (Wildman–Crippen LogP) is 6.25. The lowest BCUT2D eigenvalue weighted by atomic mass is 10.1. The van der Waals surface area contributed by atoms with Crippen LogP contribution in [0.15, 0.2) is 77.7 Å². The quantitative estimate of drug-likeness (QED) is 0.378. The number of thioether (sulfide) groups is 1. The van der Waals surface area contributed by atoms with Gasteiger partial charge in [-0.25, -0.2) is 0 Å². The molecule has 1 aliphatic heterocycles. The van der Waals surface area contributed by atoms with Crippen LogP contribution in [0.25, 0.3) is 6.08 Å². The highest BCUT2D eigenvalue weighted by Crippen LogP contribution is 2.34. The minimum atomic E-state index is -0.540. The number of anilines is 1. The van der Waals surface area contributed by atoms with Gasteiger partial charge in [0, 0.05) is 26.9 Å². The van der Waals surface area contributed by atoms with Crippen molar-refractivity contribution in [3.05, 3.63) is 98.9 Å². The van der Waals surface area contributed by atoms with Gasteiger partial charge in [-0.15, -0.1) is 0 Å². The molecule has 34 heavy (non-hydrogen) atoms. The molecule has 0 unspecified atom stereocenters. The summed E-state index contributed by atoms with van der Waals surface area (Å²) in [4.78, 5) is 38.8. The summed E-state index contributed by atoms with van der Waals surface area (Å²) in [6.07, 6.45) is 1.59. The van der Waals surface area contributed by atoms with Crippen molar-refractivity contribution < 1.29 is 19.1 Å². The Kier molecular flexibility index (Phi) is 7.57. The number of halogens is 2.